The molecule has 1 radical (unpaired) electrons. The van der Waals surface area contributed by atoms with Crippen molar-refractivity contribution < 1.29 is 0 Å². The van der Waals surface area contributed by atoms with Gasteiger partial charge in [-0.2, -0.15) is 0 Å². The van der Waals surface area contributed by atoms with Crippen LogP contribution in [0.1, 0.15) is 5.82 Å². The van der Waals surface area contributed by atoms with E-state index in [0.29, 0.717) is 0 Å². The Morgan fingerprint density at radius 1 is 1.75 bits per heavy atom. The van der Waals surface area contributed by atoms with Crippen molar-refractivity contribution in [2.24, 2.45) is 0 Å². The van der Waals surface area contributed by atoms with Crippen LogP contribution < -0.4 is 0 Å². The molecule has 1 heterocycles. The summed E-state index contributed by atoms with van der Waals surface area (Å²) in [4.78, 5) is 6.72. The van der Waals surface area contributed by atoms with Gasteiger partial charge in [0.15, 0.2) is 0 Å². The summed E-state index contributed by atoms with van der Waals surface area (Å²) in [6, 6.07) is 0. The Labute approximate surface area is 70.3 Å². The number of imidazole rings is 1. The zero-order valence-electron chi connectivity index (χ0n) is 4.89. The van der Waals surface area contributed by atoms with E-state index < -0.39 is 0 Å². The van der Waals surface area contributed by atoms with Gasteiger partial charge in [-0.15, -0.1) is 0 Å². The van der Waals surface area contributed by atoms with Gasteiger partial charge >= 0.3 is 0 Å². The molecule has 1 rings (SSSR count). The Kier molecular flexibility index (Phi) is 3.87. The van der Waals surface area contributed by atoms with Crippen LogP contribution in [0.2, 0.25) is 0 Å². The number of rotatable bonds is 1. The summed E-state index contributed by atoms with van der Waals surface area (Å²) in [6.45, 7) is 3.51. The van der Waals surface area contributed by atoms with E-state index in [-0.39, 0.29) is 29.6 Å². The van der Waals surface area contributed by atoms with E-state index in [4.69, 9.17) is 0 Å². The molecule has 0 aliphatic carbocycles. The summed E-state index contributed by atoms with van der Waals surface area (Å²) in [5.74, 6) is 0.819. The smallest absolute Gasteiger partial charge is 0.129 e. The number of hydrogen-bond acceptors (Lipinski definition) is 1. The predicted octanol–water partition coefficient (Wildman–Crippen LogP) is 0.672. The van der Waals surface area contributed by atoms with Crippen LogP contribution in [0.25, 0.3) is 6.08 Å². The van der Waals surface area contributed by atoms with E-state index in [0.717, 1.165) is 5.82 Å². The van der Waals surface area contributed by atoms with Crippen LogP contribution in [-0.2, 0) is 0 Å². The number of nitrogens with one attached hydrogen (secondary N) is 1. The summed E-state index contributed by atoms with van der Waals surface area (Å²) in [5.41, 5.74) is 0. The molecule has 0 aliphatic rings. The standard InChI is InChI=1S/C5H6N2.Na/c1-2-5-6-3-4-7-5;/h2-4H,1H2,(H,6,7);. The molecule has 1 aromatic rings. The third-order valence-corrected chi connectivity index (χ3v) is 0.713. The van der Waals surface area contributed by atoms with Gasteiger partial charge in [0.25, 0.3) is 0 Å². The van der Waals surface area contributed by atoms with E-state index >= 15 is 0 Å². The van der Waals surface area contributed by atoms with E-state index in [1.165, 1.54) is 0 Å². The maximum atomic E-state index is 3.86. The van der Waals surface area contributed by atoms with Crippen LogP contribution in [0, 0.1) is 0 Å². The van der Waals surface area contributed by atoms with Crippen LogP contribution in [0.4, 0.5) is 0 Å². The molecule has 0 unspecified atom stereocenters. The fraction of sp³-hybridized carbons (Fsp3) is 0. The van der Waals surface area contributed by atoms with Crippen molar-refractivity contribution in [2.45, 2.75) is 0 Å². The molecule has 37 valence electrons. The summed E-state index contributed by atoms with van der Waals surface area (Å²) in [7, 11) is 0. The molecule has 0 aromatic carbocycles. The first-order valence-corrected chi connectivity index (χ1v) is 2.05. The summed E-state index contributed by atoms with van der Waals surface area (Å²) >= 11 is 0. The summed E-state index contributed by atoms with van der Waals surface area (Å²) < 4.78 is 0. The van der Waals surface area contributed by atoms with Crippen molar-refractivity contribution in [3.8, 4) is 0 Å². The normalized spacial score (nSPS) is 7.50. The molecule has 0 aliphatic heterocycles. The van der Waals surface area contributed by atoms with Gasteiger partial charge < -0.3 is 4.98 Å². The average molecular weight is 117 g/mol. The first-order chi connectivity index (χ1) is 3.43. The molecule has 0 bridgehead atoms. The molecule has 0 spiro atoms. The van der Waals surface area contributed by atoms with E-state index in [1.807, 2.05) is 0 Å². The molecule has 0 fully saturated rings. The fourth-order valence-corrected chi connectivity index (χ4v) is 0.389. The molecule has 0 saturated carbocycles. The largest absolute Gasteiger partial charge is 0.345 e. The zero-order chi connectivity index (χ0) is 5.11. The van der Waals surface area contributed by atoms with Crippen LogP contribution in [0.3, 0.4) is 0 Å². The molecular formula is C5H6N2Na. The SMILES string of the molecule is C=Cc1ncc[nH]1.[Na]. The average Bonchev–Trinajstić information content (AvgIpc) is 2.14. The minimum absolute atomic E-state index is 0. The van der Waals surface area contributed by atoms with Gasteiger partial charge in [-0.1, -0.05) is 6.58 Å². The Hall–Kier alpha value is -0.0500. The van der Waals surface area contributed by atoms with Crippen LogP contribution in [0.5, 0.6) is 0 Å². The number of aromatic amines is 1. The third-order valence-electron chi connectivity index (χ3n) is 0.713. The second-order valence-electron chi connectivity index (χ2n) is 1.18. The number of H-pyrrole nitrogens is 1. The second kappa shape index (κ2) is 3.89. The van der Waals surface area contributed by atoms with Crippen molar-refractivity contribution in [3.63, 3.8) is 0 Å². The molecule has 0 atom stereocenters. The molecule has 1 aromatic heterocycles. The molecule has 0 amide bonds. The predicted molar refractivity (Wildman–Crippen MR) is 34.4 cm³/mol. The first-order valence-electron chi connectivity index (χ1n) is 2.05. The Bertz CT molecular complexity index is 145. The van der Waals surface area contributed by atoms with Gasteiger partial charge in [0.2, 0.25) is 0 Å². The second-order valence-corrected chi connectivity index (χ2v) is 1.18. The number of hydrogen-bond donors (Lipinski definition) is 1. The monoisotopic (exact) mass is 117 g/mol. The van der Waals surface area contributed by atoms with E-state index in [9.17, 15) is 0 Å². The number of aromatic nitrogens is 2. The molecule has 2 nitrogen and oxygen atoms in total. The topological polar surface area (TPSA) is 28.7 Å². The van der Waals surface area contributed by atoms with E-state index in [1.54, 1.807) is 18.5 Å². The molecule has 1 N–H and O–H groups in total. The van der Waals surface area contributed by atoms with Crippen molar-refractivity contribution in [1.82, 2.24) is 9.97 Å². The Balaban J connectivity index is 0.000000490. The van der Waals surface area contributed by atoms with Gasteiger partial charge in [0.1, 0.15) is 5.82 Å². The Morgan fingerprint density at radius 2 is 2.50 bits per heavy atom. The van der Waals surface area contributed by atoms with Crippen LogP contribution in [-0.4, -0.2) is 39.5 Å². The van der Waals surface area contributed by atoms with E-state index in [2.05, 4.69) is 16.5 Å². The molecule has 3 heteroatoms. The molecule has 8 heavy (non-hydrogen) atoms. The fourth-order valence-electron chi connectivity index (χ4n) is 0.389. The maximum absolute atomic E-state index is 3.86. The minimum atomic E-state index is 0. The number of nitrogens with zero attached hydrogens (tertiary/aromatic N) is 1. The summed E-state index contributed by atoms with van der Waals surface area (Å²) in [5, 5.41) is 0. The summed E-state index contributed by atoms with van der Waals surface area (Å²) in [6.07, 6.45) is 5.12. The van der Waals surface area contributed by atoms with Gasteiger partial charge in [-0.3, -0.25) is 0 Å². The molecule has 0 saturated heterocycles. The van der Waals surface area contributed by atoms with Crippen LogP contribution >= 0.6 is 0 Å². The Morgan fingerprint density at radius 3 is 2.75 bits per heavy atom. The first kappa shape index (κ1) is 7.95. The van der Waals surface area contributed by atoms with Gasteiger partial charge in [-0.25, -0.2) is 4.98 Å². The maximum Gasteiger partial charge on any atom is 0.129 e. The minimum Gasteiger partial charge on any atom is -0.345 e. The van der Waals surface area contributed by atoms with Gasteiger partial charge in [0, 0.05) is 42.0 Å². The quantitative estimate of drug-likeness (QED) is 0.538. The van der Waals surface area contributed by atoms with Gasteiger partial charge in [-0.05, 0) is 6.08 Å². The van der Waals surface area contributed by atoms with Crippen molar-refractivity contribution in [1.29, 1.82) is 0 Å². The van der Waals surface area contributed by atoms with Crippen molar-refractivity contribution in [2.75, 3.05) is 0 Å². The van der Waals surface area contributed by atoms with Gasteiger partial charge in [0.05, 0.1) is 0 Å². The zero-order valence-corrected chi connectivity index (χ0v) is 6.89. The van der Waals surface area contributed by atoms with Crippen molar-refractivity contribution in [3.05, 3.63) is 24.8 Å². The van der Waals surface area contributed by atoms with Crippen LogP contribution in [0.15, 0.2) is 19.0 Å². The third kappa shape index (κ3) is 1.82. The molecular weight excluding hydrogens is 111 g/mol. The van der Waals surface area contributed by atoms with Crippen molar-refractivity contribution >= 4 is 35.6 Å².